The van der Waals surface area contributed by atoms with Gasteiger partial charge in [-0.2, -0.15) is 0 Å². The van der Waals surface area contributed by atoms with Gasteiger partial charge in [-0.3, -0.25) is 4.79 Å². The molecule has 0 heterocycles. The second kappa shape index (κ2) is 11.8. The molecule has 0 N–H and O–H groups in total. The summed E-state index contributed by atoms with van der Waals surface area (Å²) in [5.41, 5.74) is 3.26. The van der Waals surface area contributed by atoms with Crippen molar-refractivity contribution in [3.63, 3.8) is 0 Å². The molecule has 33 heavy (non-hydrogen) atoms. The predicted molar refractivity (Wildman–Crippen MR) is 132 cm³/mol. The fourth-order valence-electron chi connectivity index (χ4n) is 3.11. The number of esters is 1. The number of halogens is 1. The van der Waals surface area contributed by atoms with Crippen LogP contribution >= 0.6 is 15.9 Å². The smallest absolute Gasteiger partial charge is 0.341 e. The van der Waals surface area contributed by atoms with E-state index in [-0.39, 0.29) is 12.4 Å². The fraction of sp³-hybridized carbons (Fsp3) is 0.111. The molecule has 0 atom stereocenters. The van der Waals surface area contributed by atoms with Crippen molar-refractivity contribution in [2.45, 2.75) is 6.61 Å². The lowest BCUT2D eigenvalue weighted by Crippen LogP contribution is -2.08. The van der Waals surface area contributed by atoms with Gasteiger partial charge in [0.2, 0.25) is 0 Å². The highest BCUT2D eigenvalue weighted by molar-refractivity contribution is 9.10. The van der Waals surface area contributed by atoms with Crippen molar-refractivity contribution in [1.82, 2.24) is 0 Å². The SMILES string of the molecule is CO/C=C(/C(=O)OC)c1ccccc1COc1ccc(C(=O)/C=C/c2cccc(Br)c2)cc1. The standard InChI is InChI=1S/C27H23BrO5/c1-31-18-25(27(30)32-2)24-9-4-3-7-21(24)17-33-23-13-11-20(12-14-23)26(29)15-10-19-6-5-8-22(28)16-19/h3-16,18H,17H2,1-2H3/b15-10+,25-18+. The molecule has 0 bridgehead atoms. The van der Waals surface area contributed by atoms with E-state index in [4.69, 9.17) is 14.2 Å². The average molecular weight is 507 g/mol. The number of benzene rings is 3. The second-order valence-electron chi connectivity index (χ2n) is 6.98. The lowest BCUT2D eigenvalue weighted by atomic mass is 10.0. The number of allylic oxidation sites excluding steroid dienone is 1. The largest absolute Gasteiger partial charge is 0.503 e. The van der Waals surface area contributed by atoms with Crippen LogP contribution in [-0.4, -0.2) is 26.0 Å². The topological polar surface area (TPSA) is 61.8 Å². The fourth-order valence-corrected chi connectivity index (χ4v) is 3.53. The number of methoxy groups -OCH3 is 2. The minimum absolute atomic E-state index is 0.0979. The van der Waals surface area contributed by atoms with E-state index in [2.05, 4.69) is 15.9 Å². The molecule has 6 heteroatoms. The van der Waals surface area contributed by atoms with Crippen molar-refractivity contribution in [2.75, 3.05) is 14.2 Å². The van der Waals surface area contributed by atoms with Crippen LogP contribution in [0, 0.1) is 0 Å². The van der Waals surface area contributed by atoms with Crippen LogP contribution in [0.25, 0.3) is 11.6 Å². The zero-order chi connectivity index (χ0) is 23.6. The van der Waals surface area contributed by atoms with E-state index >= 15 is 0 Å². The van der Waals surface area contributed by atoms with Crippen LogP contribution in [0.1, 0.15) is 27.0 Å². The highest BCUT2D eigenvalue weighted by atomic mass is 79.9. The van der Waals surface area contributed by atoms with Crippen molar-refractivity contribution >= 4 is 39.3 Å². The maximum atomic E-state index is 12.5. The number of ketones is 1. The zero-order valence-electron chi connectivity index (χ0n) is 18.3. The summed E-state index contributed by atoms with van der Waals surface area (Å²) in [6.45, 7) is 0.226. The molecular weight excluding hydrogens is 484 g/mol. The normalized spacial score (nSPS) is 11.3. The van der Waals surface area contributed by atoms with Gasteiger partial charge in [0, 0.05) is 10.0 Å². The zero-order valence-corrected chi connectivity index (χ0v) is 19.9. The van der Waals surface area contributed by atoms with E-state index in [1.807, 2.05) is 42.5 Å². The van der Waals surface area contributed by atoms with Crippen LogP contribution in [0.15, 0.2) is 89.6 Å². The Balaban J connectivity index is 1.68. The predicted octanol–water partition coefficient (Wildman–Crippen LogP) is 6.08. The minimum Gasteiger partial charge on any atom is -0.503 e. The Labute approximate surface area is 201 Å². The maximum absolute atomic E-state index is 12.5. The van der Waals surface area contributed by atoms with E-state index < -0.39 is 5.97 Å². The molecule has 168 valence electrons. The molecule has 0 aromatic heterocycles. The molecule has 0 aliphatic heterocycles. The van der Waals surface area contributed by atoms with Gasteiger partial charge in [-0.15, -0.1) is 0 Å². The number of carbonyl (C=O) groups excluding carboxylic acids is 2. The van der Waals surface area contributed by atoms with Gasteiger partial charge in [-0.25, -0.2) is 4.79 Å². The summed E-state index contributed by atoms with van der Waals surface area (Å²) in [5, 5.41) is 0. The quantitative estimate of drug-likeness (QED) is 0.152. The van der Waals surface area contributed by atoms with Crippen molar-refractivity contribution in [3.05, 3.63) is 112 Å². The molecule has 0 aliphatic carbocycles. The molecule has 0 spiro atoms. The molecule has 0 unspecified atom stereocenters. The highest BCUT2D eigenvalue weighted by Gasteiger charge is 2.17. The Kier molecular flexibility index (Phi) is 8.61. The van der Waals surface area contributed by atoms with E-state index in [1.54, 1.807) is 42.5 Å². The first kappa shape index (κ1) is 24.0. The lowest BCUT2D eigenvalue weighted by molar-refractivity contribution is -0.133. The molecule has 0 saturated carbocycles. The van der Waals surface area contributed by atoms with E-state index in [1.165, 1.54) is 20.5 Å². The third-order valence-corrected chi connectivity index (χ3v) is 5.25. The van der Waals surface area contributed by atoms with Crippen molar-refractivity contribution in [3.8, 4) is 5.75 Å². The van der Waals surface area contributed by atoms with E-state index in [9.17, 15) is 9.59 Å². The van der Waals surface area contributed by atoms with Crippen molar-refractivity contribution in [1.29, 1.82) is 0 Å². The van der Waals surface area contributed by atoms with Gasteiger partial charge in [-0.1, -0.05) is 58.4 Å². The molecular formula is C27H23BrO5. The Morgan fingerprint density at radius 1 is 0.939 bits per heavy atom. The summed E-state index contributed by atoms with van der Waals surface area (Å²) < 4.78 is 16.8. The first-order valence-corrected chi connectivity index (χ1v) is 10.9. The molecule has 3 rings (SSSR count). The number of rotatable bonds is 9. The third-order valence-electron chi connectivity index (χ3n) is 4.76. The van der Waals surface area contributed by atoms with Crippen LogP contribution in [0.5, 0.6) is 5.75 Å². The lowest BCUT2D eigenvalue weighted by Gasteiger charge is -2.13. The monoisotopic (exact) mass is 506 g/mol. The van der Waals surface area contributed by atoms with E-state index in [0.29, 0.717) is 22.4 Å². The van der Waals surface area contributed by atoms with Crippen LogP contribution < -0.4 is 4.74 Å². The van der Waals surface area contributed by atoms with Crippen LogP contribution in [0.4, 0.5) is 0 Å². The highest BCUT2D eigenvalue weighted by Crippen LogP contribution is 2.23. The molecule has 0 aliphatic rings. The summed E-state index contributed by atoms with van der Waals surface area (Å²) in [4.78, 5) is 24.6. The van der Waals surface area contributed by atoms with Gasteiger partial charge >= 0.3 is 5.97 Å². The minimum atomic E-state index is -0.497. The van der Waals surface area contributed by atoms with Crippen LogP contribution in [0.3, 0.4) is 0 Å². The molecule has 5 nitrogen and oxygen atoms in total. The van der Waals surface area contributed by atoms with Crippen molar-refractivity contribution < 1.29 is 23.8 Å². The van der Waals surface area contributed by atoms with Gasteiger partial charge in [0.05, 0.1) is 20.5 Å². The van der Waals surface area contributed by atoms with Crippen molar-refractivity contribution in [2.24, 2.45) is 0 Å². The number of hydrogen-bond donors (Lipinski definition) is 0. The molecule has 0 fully saturated rings. The summed E-state index contributed by atoms with van der Waals surface area (Å²) >= 11 is 3.42. The van der Waals surface area contributed by atoms with Gasteiger partial charge in [0.15, 0.2) is 5.78 Å². The summed E-state index contributed by atoms with van der Waals surface area (Å²) in [6, 6.07) is 22.0. The first-order valence-electron chi connectivity index (χ1n) is 10.1. The van der Waals surface area contributed by atoms with Gasteiger partial charge < -0.3 is 14.2 Å². The Morgan fingerprint density at radius 3 is 2.39 bits per heavy atom. The number of ether oxygens (including phenoxy) is 3. The number of hydrogen-bond acceptors (Lipinski definition) is 5. The summed E-state index contributed by atoms with van der Waals surface area (Å²) in [7, 11) is 2.79. The third kappa shape index (κ3) is 6.67. The molecule has 3 aromatic carbocycles. The average Bonchev–Trinajstić information content (AvgIpc) is 2.85. The molecule has 0 saturated heterocycles. The second-order valence-corrected chi connectivity index (χ2v) is 7.90. The van der Waals surface area contributed by atoms with Gasteiger partial charge in [0.25, 0.3) is 0 Å². The maximum Gasteiger partial charge on any atom is 0.341 e. The summed E-state index contributed by atoms with van der Waals surface area (Å²) in [6.07, 6.45) is 4.68. The Morgan fingerprint density at radius 2 is 1.70 bits per heavy atom. The molecule has 3 aromatic rings. The molecule has 0 amide bonds. The molecule has 0 radical (unpaired) electrons. The Bertz CT molecular complexity index is 1180. The summed E-state index contributed by atoms with van der Waals surface area (Å²) in [5.74, 6) is 0.00929. The van der Waals surface area contributed by atoms with Crippen LogP contribution in [0.2, 0.25) is 0 Å². The number of carbonyl (C=O) groups is 2. The first-order chi connectivity index (χ1) is 16.0. The van der Waals surface area contributed by atoms with E-state index in [0.717, 1.165) is 15.6 Å². The van der Waals surface area contributed by atoms with Crippen LogP contribution in [-0.2, 0) is 20.9 Å². The Hall–Kier alpha value is -3.64. The van der Waals surface area contributed by atoms with Gasteiger partial charge in [-0.05, 0) is 59.2 Å². The van der Waals surface area contributed by atoms with Gasteiger partial charge in [0.1, 0.15) is 17.9 Å².